The van der Waals surface area contributed by atoms with Crippen LogP contribution in [0.1, 0.15) is 149 Å². The highest BCUT2D eigenvalue weighted by Gasteiger charge is 2.27. The van der Waals surface area contributed by atoms with Gasteiger partial charge < -0.3 is 24.6 Å². The summed E-state index contributed by atoms with van der Waals surface area (Å²) in [7, 11) is -4.63. The van der Waals surface area contributed by atoms with Gasteiger partial charge in [-0.25, -0.2) is 4.57 Å². The Bertz CT molecular complexity index is 1130. The topological polar surface area (TPSA) is 149 Å². The first-order valence-electron chi connectivity index (χ1n) is 20.5. The number of hydrogen-bond acceptors (Lipinski definition) is 9. The Morgan fingerprint density at radius 1 is 0.574 bits per heavy atom. The quantitative estimate of drug-likeness (QED) is 0.0241. The maximum absolute atomic E-state index is 12.6. The normalized spacial score (nSPS) is 14.7. The predicted molar refractivity (Wildman–Crippen MR) is 219 cm³/mol. The van der Waals surface area contributed by atoms with Crippen LogP contribution in [-0.4, -0.2) is 65.7 Å². The highest BCUT2D eigenvalue weighted by atomic mass is 31.2. The molecule has 0 rings (SSSR count). The van der Waals surface area contributed by atoms with Crippen LogP contribution in [0.4, 0.5) is 0 Å². The van der Waals surface area contributed by atoms with Gasteiger partial charge >= 0.3 is 19.8 Å². The van der Waals surface area contributed by atoms with Crippen LogP contribution in [0.15, 0.2) is 72.9 Å². The van der Waals surface area contributed by atoms with E-state index in [1.54, 1.807) is 0 Å². The monoisotopic (exact) mass is 780 g/mol. The summed E-state index contributed by atoms with van der Waals surface area (Å²) >= 11 is 0. The molecule has 0 aliphatic carbocycles. The van der Waals surface area contributed by atoms with Crippen LogP contribution in [0.2, 0.25) is 0 Å². The van der Waals surface area contributed by atoms with Gasteiger partial charge in [0.1, 0.15) is 12.7 Å². The SMILES string of the molecule is CC/C=C/C=C/C=C/CCCCCCCC(=O)OC(COC(=O)CCCCCCC/C=C/C=C/C=C/CCCCCCC)COP(=O)(O)OC[C@H](O)CO. The Balaban J connectivity index is 4.40. The number of phosphoric acid groups is 1. The average molecular weight is 781 g/mol. The Morgan fingerprint density at radius 2 is 1.02 bits per heavy atom. The zero-order valence-electron chi connectivity index (χ0n) is 33.4. The van der Waals surface area contributed by atoms with Crippen LogP contribution in [0.5, 0.6) is 0 Å². The fraction of sp³-hybridized carbons (Fsp3) is 0.674. The summed E-state index contributed by atoms with van der Waals surface area (Å²) in [6.07, 6.45) is 43.0. The van der Waals surface area contributed by atoms with Crippen LogP contribution in [0.3, 0.4) is 0 Å². The van der Waals surface area contributed by atoms with E-state index in [9.17, 15) is 24.2 Å². The van der Waals surface area contributed by atoms with E-state index in [0.29, 0.717) is 12.8 Å². The number of carbonyl (C=O) groups is 2. The standard InChI is InChI=1S/C43H73O10P/c1-3-5-7-9-11-13-15-17-18-19-20-21-23-24-26-28-30-32-34-42(46)50-38-41(39-52-54(48,49)51-37-40(45)36-44)53-43(47)35-33-31-29-27-25-22-16-14-12-10-8-6-4-2/h6,8,10,12,14-21,40-41,44-45H,3-5,7,9,11,13,22-39H2,1-2H3,(H,48,49)/b8-6+,12-10+,16-14+,17-15+,19-18+,21-20+/t40-,41?/m1/s1. The molecule has 10 nitrogen and oxygen atoms in total. The zero-order chi connectivity index (χ0) is 39.8. The molecule has 0 aromatic carbocycles. The molecule has 0 radical (unpaired) electrons. The summed E-state index contributed by atoms with van der Waals surface area (Å²) in [5.74, 6) is -0.980. The molecule has 0 saturated carbocycles. The first-order chi connectivity index (χ1) is 26.2. The number of hydrogen-bond donors (Lipinski definition) is 3. The molecule has 3 N–H and O–H groups in total. The fourth-order valence-electron chi connectivity index (χ4n) is 5.05. The molecule has 0 aromatic rings. The van der Waals surface area contributed by atoms with Gasteiger partial charge in [-0.1, -0.05) is 151 Å². The van der Waals surface area contributed by atoms with E-state index < -0.39 is 51.8 Å². The first-order valence-corrected chi connectivity index (χ1v) is 22.0. The maximum atomic E-state index is 12.6. The molecule has 0 bridgehead atoms. The van der Waals surface area contributed by atoms with Crippen LogP contribution in [0.25, 0.3) is 0 Å². The van der Waals surface area contributed by atoms with Crippen molar-refractivity contribution in [1.29, 1.82) is 0 Å². The lowest BCUT2D eigenvalue weighted by Gasteiger charge is -2.20. The van der Waals surface area contributed by atoms with Gasteiger partial charge in [-0.05, 0) is 57.8 Å². The second kappa shape index (κ2) is 38.7. The van der Waals surface area contributed by atoms with Crippen molar-refractivity contribution in [2.45, 2.75) is 161 Å². The molecular formula is C43H73O10P. The summed E-state index contributed by atoms with van der Waals surface area (Å²) < 4.78 is 32.6. The zero-order valence-corrected chi connectivity index (χ0v) is 34.3. The molecule has 2 unspecified atom stereocenters. The van der Waals surface area contributed by atoms with E-state index >= 15 is 0 Å². The minimum atomic E-state index is -4.63. The summed E-state index contributed by atoms with van der Waals surface area (Å²) in [6, 6.07) is 0. The highest BCUT2D eigenvalue weighted by molar-refractivity contribution is 7.47. The van der Waals surface area contributed by atoms with E-state index in [1.165, 1.54) is 32.1 Å². The van der Waals surface area contributed by atoms with E-state index in [1.807, 2.05) is 24.3 Å². The van der Waals surface area contributed by atoms with Crippen LogP contribution in [0, 0.1) is 0 Å². The van der Waals surface area contributed by atoms with Crippen molar-refractivity contribution in [2.75, 3.05) is 26.4 Å². The lowest BCUT2D eigenvalue weighted by molar-refractivity contribution is -0.161. The summed E-state index contributed by atoms with van der Waals surface area (Å²) in [4.78, 5) is 34.9. The van der Waals surface area contributed by atoms with Crippen LogP contribution in [-0.2, 0) is 32.7 Å². The Kier molecular flexibility index (Phi) is 36.8. The molecule has 0 amide bonds. The third kappa shape index (κ3) is 37.7. The summed E-state index contributed by atoms with van der Waals surface area (Å²) in [5.41, 5.74) is 0. The smallest absolute Gasteiger partial charge is 0.462 e. The number of aliphatic hydroxyl groups is 2. The average Bonchev–Trinajstić information content (AvgIpc) is 3.16. The molecule has 0 spiro atoms. The molecule has 0 heterocycles. The number of carbonyl (C=O) groups excluding carboxylic acids is 2. The third-order valence-corrected chi connectivity index (χ3v) is 9.17. The van der Waals surface area contributed by atoms with Gasteiger partial charge in [-0.15, -0.1) is 0 Å². The van der Waals surface area contributed by atoms with Crippen molar-refractivity contribution >= 4 is 19.8 Å². The molecular weight excluding hydrogens is 707 g/mol. The van der Waals surface area contributed by atoms with Crippen molar-refractivity contribution < 1.29 is 47.8 Å². The van der Waals surface area contributed by atoms with Crippen molar-refractivity contribution in [1.82, 2.24) is 0 Å². The van der Waals surface area contributed by atoms with Crippen molar-refractivity contribution in [3.05, 3.63) is 72.9 Å². The molecule has 0 saturated heterocycles. The molecule has 3 atom stereocenters. The van der Waals surface area contributed by atoms with Gasteiger partial charge in [0.15, 0.2) is 6.10 Å². The molecule has 310 valence electrons. The van der Waals surface area contributed by atoms with Gasteiger partial charge in [0.05, 0.1) is 19.8 Å². The Hall–Kier alpha value is -2.59. The van der Waals surface area contributed by atoms with Gasteiger partial charge in [0.25, 0.3) is 0 Å². The summed E-state index contributed by atoms with van der Waals surface area (Å²) in [6.45, 7) is 2.16. The number of allylic oxidation sites excluding steroid dienone is 12. The molecule has 0 aliphatic rings. The van der Waals surface area contributed by atoms with E-state index in [-0.39, 0.29) is 19.4 Å². The van der Waals surface area contributed by atoms with E-state index in [4.69, 9.17) is 19.1 Å². The fourth-order valence-corrected chi connectivity index (χ4v) is 5.84. The molecule has 54 heavy (non-hydrogen) atoms. The van der Waals surface area contributed by atoms with Crippen molar-refractivity contribution in [3.8, 4) is 0 Å². The van der Waals surface area contributed by atoms with Crippen LogP contribution < -0.4 is 0 Å². The van der Waals surface area contributed by atoms with Crippen molar-refractivity contribution in [2.24, 2.45) is 0 Å². The number of phosphoric ester groups is 1. The second-order valence-electron chi connectivity index (χ2n) is 13.4. The van der Waals surface area contributed by atoms with Crippen LogP contribution >= 0.6 is 7.82 Å². The number of rotatable bonds is 37. The van der Waals surface area contributed by atoms with Gasteiger partial charge in [-0.3, -0.25) is 18.6 Å². The molecule has 0 aromatic heterocycles. The largest absolute Gasteiger partial charge is 0.472 e. The predicted octanol–water partition coefficient (Wildman–Crippen LogP) is 10.5. The number of ether oxygens (including phenoxy) is 2. The third-order valence-electron chi connectivity index (χ3n) is 8.22. The molecule has 0 aliphatic heterocycles. The first kappa shape index (κ1) is 51.4. The second-order valence-corrected chi connectivity index (χ2v) is 14.9. The van der Waals surface area contributed by atoms with Crippen molar-refractivity contribution in [3.63, 3.8) is 0 Å². The highest BCUT2D eigenvalue weighted by Crippen LogP contribution is 2.43. The van der Waals surface area contributed by atoms with Gasteiger partial charge in [0, 0.05) is 12.8 Å². The van der Waals surface area contributed by atoms with Gasteiger partial charge in [-0.2, -0.15) is 0 Å². The maximum Gasteiger partial charge on any atom is 0.472 e. The number of aliphatic hydroxyl groups excluding tert-OH is 2. The number of esters is 2. The number of unbranched alkanes of at least 4 members (excludes halogenated alkanes) is 15. The minimum Gasteiger partial charge on any atom is -0.462 e. The lowest BCUT2D eigenvalue weighted by atomic mass is 10.1. The molecule has 0 fully saturated rings. The minimum absolute atomic E-state index is 0.152. The van der Waals surface area contributed by atoms with Gasteiger partial charge in [0.2, 0.25) is 0 Å². The van der Waals surface area contributed by atoms with E-state index in [0.717, 1.165) is 77.0 Å². The summed E-state index contributed by atoms with van der Waals surface area (Å²) in [5, 5.41) is 18.3. The lowest BCUT2D eigenvalue weighted by Crippen LogP contribution is -2.29. The Labute approximate surface area is 327 Å². The Morgan fingerprint density at radius 3 is 1.52 bits per heavy atom. The van der Waals surface area contributed by atoms with E-state index in [2.05, 4.69) is 67.0 Å². The molecule has 11 heteroatoms.